The largest absolute Gasteiger partial charge is 0.309 e. The molecule has 0 aliphatic rings. The second kappa shape index (κ2) is 13.4. The Bertz CT molecular complexity index is 3110. The lowest BCUT2D eigenvalue weighted by Gasteiger charge is -2.11. The summed E-state index contributed by atoms with van der Waals surface area (Å²) in [6.45, 7) is 0. The number of fused-ring (bicyclic) bond motifs is 6. The quantitative estimate of drug-likeness (QED) is 0.161. The zero-order valence-corrected chi connectivity index (χ0v) is 31.4. The normalized spacial score (nSPS) is 11.6. The van der Waals surface area contributed by atoms with Crippen molar-refractivity contribution >= 4 is 53.3 Å². The van der Waals surface area contributed by atoms with Gasteiger partial charge in [0.15, 0.2) is 0 Å². The van der Waals surface area contributed by atoms with Crippen LogP contribution in [0.2, 0.25) is 0 Å². The van der Waals surface area contributed by atoms with Crippen molar-refractivity contribution in [3.63, 3.8) is 0 Å². The fraction of sp³-hybridized carbons (Fsp3) is 0. The van der Waals surface area contributed by atoms with Crippen molar-refractivity contribution in [2.24, 2.45) is 0 Å². The highest BCUT2D eigenvalue weighted by Gasteiger charge is 2.16. The Morgan fingerprint density at radius 1 is 0.286 bits per heavy atom. The van der Waals surface area contributed by atoms with E-state index < -0.39 is 0 Å². The molecule has 0 saturated carbocycles. The first kappa shape index (κ1) is 32.4. The average molecular weight is 730 g/mol. The van der Waals surface area contributed by atoms with Crippen molar-refractivity contribution in [3.8, 4) is 61.3 Å². The van der Waals surface area contributed by atoms with Gasteiger partial charge in [-0.05, 0) is 104 Å². The Balaban J connectivity index is 0.940. The van der Waals surface area contributed by atoms with Gasteiger partial charge in [-0.3, -0.25) is 0 Å². The van der Waals surface area contributed by atoms with Crippen LogP contribution in [0.4, 0.5) is 0 Å². The zero-order chi connectivity index (χ0) is 37.0. The first-order valence-electron chi connectivity index (χ1n) is 19.2. The van der Waals surface area contributed by atoms with E-state index >= 15 is 0 Å². The Morgan fingerprint density at radius 2 is 0.732 bits per heavy atom. The van der Waals surface area contributed by atoms with Crippen molar-refractivity contribution < 1.29 is 0 Å². The summed E-state index contributed by atoms with van der Waals surface area (Å²) in [6.07, 6.45) is 0. The molecule has 0 radical (unpaired) electrons. The summed E-state index contributed by atoms with van der Waals surface area (Å²) in [5.41, 5.74) is 15.8. The van der Waals surface area contributed by atoms with Crippen LogP contribution < -0.4 is 0 Å². The Hall–Kier alpha value is -7.00. The minimum absolute atomic E-state index is 1.15. The molecule has 0 aliphatic carbocycles. The van der Waals surface area contributed by atoms with E-state index in [1.165, 1.54) is 97.6 Å². The van der Waals surface area contributed by atoms with Crippen LogP contribution in [0.25, 0.3) is 103 Å². The van der Waals surface area contributed by atoms with Gasteiger partial charge in [0.2, 0.25) is 0 Å². The number of rotatable bonds is 6. The summed E-state index contributed by atoms with van der Waals surface area (Å²) >= 11 is 1.88. The summed E-state index contributed by atoms with van der Waals surface area (Å²) in [7, 11) is 0. The molecule has 2 heterocycles. The highest BCUT2D eigenvalue weighted by atomic mass is 32.1. The summed E-state index contributed by atoms with van der Waals surface area (Å²) < 4.78 is 5.10. The topological polar surface area (TPSA) is 4.93 Å². The molecule has 1 nitrogen and oxygen atoms in total. The fourth-order valence-corrected chi connectivity index (χ4v) is 9.66. The average Bonchev–Trinajstić information content (AvgIpc) is 3.82. The highest BCUT2D eigenvalue weighted by Crippen LogP contribution is 2.41. The first-order chi connectivity index (χ1) is 27.7. The number of aromatic nitrogens is 1. The maximum absolute atomic E-state index is 2.41. The SMILES string of the molecule is c1ccc(-c2ccc3c(c2)c2cc(-c4ccccc4)ccc2n3-c2ccc(-c3cccc(-c4ccc(-c5cccc6c5sc5ccccc56)cc4)c3)cc2)cc1. The second-order valence-electron chi connectivity index (χ2n) is 14.5. The van der Waals surface area contributed by atoms with E-state index in [9.17, 15) is 0 Å². The van der Waals surface area contributed by atoms with Crippen LogP contribution >= 0.6 is 11.3 Å². The van der Waals surface area contributed by atoms with Crippen LogP contribution in [0.15, 0.2) is 212 Å². The van der Waals surface area contributed by atoms with Gasteiger partial charge in [-0.15, -0.1) is 11.3 Å². The van der Waals surface area contributed by atoms with Crippen molar-refractivity contribution in [2.45, 2.75) is 0 Å². The molecule has 0 fully saturated rings. The molecule has 9 aromatic carbocycles. The molecule has 0 amide bonds. The van der Waals surface area contributed by atoms with Gasteiger partial charge >= 0.3 is 0 Å². The van der Waals surface area contributed by atoms with Crippen LogP contribution in [0, 0.1) is 0 Å². The minimum Gasteiger partial charge on any atom is -0.309 e. The Kier molecular flexibility index (Phi) is 7.75. The molecular formula is C54H35NS. The van der Waals surface area contributed by atoms with E-state index in [4.69, 9.17) is 0 Å². The number of nitrogens with zero attached hydrogens (tertiary/aromatic N) is 1. The lowest BCUT2D eigenvalue weighted by Crippen LogP contribution is -1.94. The van der Waals surface area contributed by atoms with Gasteiger partial charge in [0.25, 0.3) is 0 Å². The van der Waals surface area contributed by atoms with Gasteiger partial charge in [0, 0.05) is 36.6 Å². The van der Waals surface area contributed by atoms with Crippen molar-refractivity contribution in [1.29, 1.82) is 0 Å². The molecule has 0 saturated heterocycles. The third kappa shape index (κ3) is 5.54. The predicted octanol–water partition coefficient (Wildman–Crippen LogP) is 15.5. The predicted molar refractivity (Wildman–Crippen MR) is 241 cm³/mol. The molecule has 0 atom stereocenters. The zero-order valence-electron chi connectivity index (χ0n) is 30.6. The van der Waals surface area contributed by atoms with Crippen LogP contribution in [-0.4, -0.2) is 4.57 Å². The highest BCUT2D eigenvalue weighted by molar-refractivity contribution is 7.26. The molecule has 0 aliphatic heterocycles. The smallest absolute Gasteiger partial charge is 0.0541 e. The standard InChI is InChI=1S/C54H35NS/c1-3-11-36(12-4-1)43-27-31-51-49(34-43)50-35-44(37-13-5-2-6-14-37)28-32-52(50)55(51)45-29-25-39(26-30-45)42-16-9-15-41(33-42)38-21-23-40(24-22-38)46-18-10-19-48-47-17-7-8-20-53(47)56-54(46)48/h1-35H. The van der Waals surface area contributed by atoms with Gasteiger partial charge < -0.3 is 4.57 Å². The second-order valence-corrected chi connectivity index (χ2v) is 15.6. The van der Waals surface area contributed by atoms with E-state index in [1.807, 2.05) is 11.3 Å². The molecule has 11 rings (SSSR count). The minimum atomic E-state index is 1.15. The van der Waals surface area contributed by atoms with Crippen molar-refractivity contribution in [1.82, 2.24) is 4.57 Å². The lowest BCUT2D eigenvalue weighted by molar-refractivity contribution is 1.18. The van der Waals surface area contributed by atoms with Gasteiger partial charge in [-0.25, -0.2) is 0 Å². The fourth-order valence-electron chi connectivity index (χ4n) is 8.42. The number of thiophene rings is 1. The van der Waals surface area contributed by atoms with E-state index in [-0.39, 0.29) is 0 Å². The third-order valence-electron chi connectivity index (χ3n) is 11.2. The van der Waals surface area contributed by atoms with E-state index in [1.54, 1.807) is 0 Å². The molecule has 2 heteroatoms. The Labute approximate surface area is 330 Å². The van der Waals surface area contributed by atoms with E-state index in [2.05, 4.69) is 217 Å². The van der Waals surface area contributed by atoms with Crippen LogP contribution in [0.1, 0.15) is 0 Å². The molecule has 0 unspecified atom stereocenters. The van der Waals surface area contributed by atoms with Crippen LogP contribution in [0.5, 0.6) is 0 Å². The Morgan fingerprint density at radius 3 is 1.36 bits per heavy atom. The van der Waals surface area contributed by atoms with E-state index in [0.717, 1.165) is 5.69 Å². The van der Waals surface area contributed by atoms with Gasteiger partial charge in [0.05, 0.1) is 11.0 Å². The number of hydrogen-bond donors (Lipinski definition) is 0. The van der Waals surface area contributed by atoms with Gasteiger partial charge in [-0.1, -0.05) is 164 Å². The summed E-state index contributed by atoms with van der Waals surface area (Å²) in [4.78, 5) is 0. The van der Waals surface area contributed by atoms with Crippen molar-refractivity contribution in [3.05, 3.63) is 212 Å². The van der Waals surface area contributed by atoms with E-state index in [0.29, 0.717) is 0 Å². The van der Waals surface area contributed by atoms with Crippen molar-refractivity contribution in [2.75, 3.05) is 0 Å². The number of benzene rings is 9. The molecule has 262 valence electrons. The molecule has 56 heavy (non-hydrogen) atoms. The van der Waals surface area contributed by atoms with Gasteiger partial charge in [0.1, 0.15) is 0 Å². The molecule has 0 spiro atoms. The van der Waals surface area contributed by atoms with Crippen LogP contribution in [0.3, 0.4) is 0 Å². The monoisotopic (exact) mass is 729 g/mol. The molecule has 2 aromatic heterocycles. The summed E-state index contributed by atoms with van der Waals surface area (Å²) in [6, 6.07) is 77.5. The van der Waals surface area contributed by atoms with Crippen LogP contribution in [-0.2, 0) is 0 Å². The maximum atomic E-state index is 2.41. The molecule has 11 aromatic rings. The lowest BCUT2D eigenvalue weighted by atomic mass is 9.96. The van der Waals surface area contributed by atoms with Gasteiger partial charge in [-0.2, -0.15) is 0 Å². The first-order valence-corrected chi connectivity index (χ1v) is 20.0. The third-order valence-corrected chi connectivity index (χ3v) is 12.5. The summed E-state index contributed by atoms with van der Waals surface area (Å²) in [5.74, 6) is 0. The molecular weight excluding hydrogens is 695 g/mol. The summed E-state index contributed by atoms with van der Waals surface area (Å²) in [5, 5.41) is 5.17. The molecule has 0 N–H and O–H groups in total. The molecule has 0 bridgehead atoms. The maximum Gasteiger partial charge on any atom is 0.0541 e. The number of hydrogen-bond acceptors (Lipinski definition) is 1.